The van der Waals surface area contributed by atoms with Crippen LogP contribution in [0.2, 0.25) is 0 Å². The molecule has 0 bridgehead atoms. The molecule has 2 heterocycles. The second kappa shape index (κ2) is 7.48. The van der Waals surface area contributed by atoms with Gasteiger partial charge in [0.2, 0.25) is 0 Å². The molecule has 1 amide bonds. The van der Waals surface area contributed by atoms with Crippen molar-refractivity contribution in [3.63, 3.8) is 0 Å². The van der Waals surface area contributed by atoms with E-state index in [9.17, 15) is 19.8 Å². The summed E-state index contributed by atoms with van der Waals surface area (Å²) in [4.78, 5) is 31.6. The zero-order valence-electron chi connectivity index (χ0n) is 16.5. The van der Waals surface area contributed by atoms with E-state index in [2.05, 4.69) is 4.98 Å². The minimum atomic E-state index is -0.972. The largest absolute Gasteiger partial charge is 0.507 e. The van der Waals surface area contributed by atoms with Gasteiger partial charge in [-0.05, 0) is 43.7 Å². The predicted molar refractivity (Wildman–Crippen MR) is 113 cm³/mol. The summed E-state index contributed by atoms with van der Waals surface area (Å²) in [6.07, 6.45) is 1.55. The molecule has 1 aliphatic rings. The molecule has 3 aromatic rings. The molecule has 0 aliphatic carbocycles. The van der Waals surface area contributed by atoms with E-state index in [0.717, 1.165) is 11.1 Å². The van der Waals surface area contributed by atoms with Crippen molar-refractivity contribution in [1.29, 1.82) is 0 Å². The molecule has 2 N–H and O–H groups in total. The van der Waals surface area contributed by atoms with Gasteiger partial charge in [-0.1, -0.05) is 42.0 Å². The van der Waals surface area contributed by atoms with Crippen molar-refractivity contribution < 1.29 is 19.8 Å². The lowest BCUT2D eigenvalue weighted by Crippen LogP contribution is -2.30. The summed E-state index contributed by atoms with van der Waals surface area (Å²) < 4.78 is 0. The lowest BCUT2D eigenvalue weighted by molar-refractivity contribution is -0.132. The molecule has 2 aromatic carbocycles. The first-order valence-electron chi connectivity index (χ1n) is 9.47. The fourth-order valence-corrected chi connectivity index (χ4v) is 3.59. The van der Waals surface area contributed by atoms with Crippen LogP contribution in [-0.2, 0) is 9.59 Å². The lowest BCUT2D eigenvalue weighted by Gasteiger charge is -2.25. The maximum Gasteiger partial charge on any atom is 0.300 e. The van der Waals surface area contributed by atoms with Crippen LogP contribution < -0.4 is 4.90 Å². The number of aliphatic hydroxyl groups is 1. The first-order valence-corrected chi connectivity index (χ1v) is 9.47. The summed E-state index contributed by atoms with van der Waals surface area (Å²) >= 11 is 0. The second-order valence-corrected chi connectivity index (χ2v) is 7.28. The van der Waals surface area contributed by atoms with E-state index in [1.807, 2.05) is 26.0 Å². The zero-order chi connectivity index (χ0) is 21.4. The number of hydrogen-bond acceptors (Lipinski definition) is 5. The van der Waals surface area contributed by atoms with E-state index in [-0.39, 0.29) is 22.8 Å². The van der Waals surface area contributed by atoms with Crippen molar-refractivity contribution in [3.05, 3.63) is 94.8 Å². The van der Waals surface area contributed by atoms with E-state index in [0.29, 0.717) is 11.3 Å². The molecular formula is C24H20N2O4. The lowest BCUT2D eigenvalue weighted by atomic mass is 9.97. The average molecular weight is 400 g/mol. The number of rotatable bonds is 3. The van der Waals surface area contributed by atoms with Crippen LogP contribution in [0.25, 0.3) is 5.76 Å². The van der Waals surface area contributed by atoms with Gasteiger partial charge < -0.3 is 10.2 Å². The highest BCUT2D eigenvalue weighted by molar-refractivity contribution is 6.51. The van der Waals surface area contributed by atoms with Gasteiger partial charge >= 0.3 is 0 Å². The topological polar surface area (TPSA) is 90.7 Å². The number of aliphatic hydroxyl groups excluding tert-OH is 1. The highest BCUT2D eigenvalue weighted by atomic mass is 16.3. The van der Waals surface area contributed by atoms with Crippen molar-refractivity contribution >= 4 is 23.1 Å². The molecule has 150 valence electrons. The molecule has 1 aromatic heterocycles. The molecule has 4 rings (SSSR count). The molecule has 1 saturated heterocycles. The number of amides is 1. The Morgan fingerprint density at radius 3 is 2.33 bits per heavy atom. The van der Waals surface area contributed by atoms with E-state index in [1.54, 1.807) is 48.7 Å². The van der Waals surface area contributed by atoms with E-state index in [1.165, 1.54) is 11.0 Å². The maximum atomic E-state index is 13.0. The number of benzene rings is 2. The van der Waals surface area contributed by atoms with Crippen LogP contribution in [0.4, 0.5) is 5.69 Å². The summed E-state index contributed by atoms with van der Waals surface area (Å²) in [6.45, 7) is 3.73. The van der Waals surface area contributed by atoms with E-state index in [4.69, 9.17) is 0 Å². The summed E-state index contributed by atoms with van der Waals surface area (Å²) in [5, 5.41) is 21.4. The number of carbonyl (C=O) groups excluding carboxylic acids is 2. The number of phenolic OH excluding ortho intramolecular Hbond substituents is 1. The Morgan fingerprint density at radius 1 is 0.967 bits per heavy atom. The van der Waals surface area contributed by atoms with Gasteiger partial charge in [0, 0.05) is 11.8 Å². The van der Waals surface area contributed by atoms with Gasteiger partial charge in [-0.25, -0.2) is 0 Å². The van der Waals surface area contributed by atoms with Gasteiger partial charge in [-0.2, -0.15) is 0 Å². The number of phenols is 1. The fourth-order valence-electron chi connectivity index (χ4n) is 3.59. The van der Waals surface area contributed by atoms with Crippen LogP contribution >= 0.6 is 0 Å². The Hall–Kier alpha value is -3.93. The van der Waals surface area contributed by atoms with Crippen LogP contribution in [0.3, 0.4) is 0 Å². The summed E-state index contributed by atoms with van der Waals surface area (Å²) in [5.74, 6) is -2.08. The molecule has 0 spiro atoms. The first-order chi connectivity index (χ1) is 14.4. The Balaban J connectivity index is 1.97. The predicted octanol–water partition coefficient (Wildman–Crippen LogP) is 4.03. The van der Waals surface area contributed by atoms with Crippen molar-refractivity contribution in [2.75, 3.05) is 4.90 Å². The molecule has 1 fully saturated rings. The smallest absolute Gasteiger partial charge is 0.300 e. The molecule has 0 saturated carbocycles. The zero-order valence-corrected chi connectivity index (χ0v) is 16.5. The highest BCUT2D eigenvalue weighted by Crippen LogP contribution is 2.44. The van der Waals surface area contributed by atoms with Crippen molar-refractivity contribution in [1.82, 2.24) is 4.98 Å². The third-order valence-electron chi connectivity index (χ3n) is 5.13. The number of Topliss-reactive ketones (excluding diaryl/α,β-unsaturated/α-hetero) is 1. The van der Waals surface area contributed by atoms with Crippen molar-refractivity contribution in [3.8, 4) is 5.75 Å². The van der Waals surface area contributed by atoms with Gasteiger partial charge in [0.15, 0.2) is 0 Å². The Bertz CT molecular complexity index is 1170. The van der Waals surface area contributed by atoms with Gasteiger partial charge in [-0.3, -0.25) is 19.5 Å². The Labute approximate surface area is 173 Å². The van der Waals surface area contributed by atoms with Crippen LogP contribution in [0.15, 0.2) is 72.4 Å². The number of pyridine rings is 1. The monoisotopic (exact) mass is 400 g/mol. The summed E-state index contributed by atoms with van der Waals surface area (Å²) in [5.41, 5.74) is 2.76. The number of aromatic hydroxyl groups is 1. The van der Waals surface area contributed by atoms with Crippen LogP contribution in [0, 0.1) is 13.8 Å². The molecule has 1 atom stereocenters. The van der Waals surface area contributed by atoms with Gasteiger partial charge in [0.25, 0.3) is 11.7 Å². The number of hydrogen-bond donors (Lipinski definition) is 2. The van der Waals surface area contributed by atoms with Gasteiger partial charge in [0.1, 0.15) is 17.6 Å². The van der Waals surface area contributed by atoms with Gasteiger partial charge in [-0.15, -0.1) is 0 Å². The Morgan fingerprint density at radius 2 is 1.67 bits per heavy atom. The third-order valence-corrected chi connectivity index (χ3v) is 5.13. The van der Waals surface area contributed by atoms with E-state index < -0.39 is 17.7 Å². The third kappa shape index (κ3) is 3.22. The van der Waals surface area contributed by atoms with Crippen molar-refractivity contribution in [2.24, 2.45) is 0 Å². The molecule has 6 heteroatoms. The number of aromatic nitrogens is 1. The van der Waals surface area contributed by atoms with E-state index >= 15 is 0 Å². The SMILES string of the molecule is Cc1ccc(/C(O)=C2\C(=O)C(=O)N(c3cc(C)ccc3O)C2c2ccccn2)cc1. The second-order valence-electron chi connectivity index (χ2n) is 7.28. The molecule has 0 radical (unpaired) electrons. The minimum Gasteiger partial charge on any atom is -0.507 e. The fraction of sp³-hybridized carbons (Fsp3) is 0.125. The molecule has 6 nitrogen and oxygen atoms in total. The normalized spacial score (nSPS) is 18.1. The quantitative estimate of drug-likeness (QED) is 0.394. The Kier molecular flexibility index (Phi) is 4.83. The number of ketones is 1. The minimum absolute atomic E-state index is 0.0662. The molecule has 1 aliphatic heterocycles. The highest BCUT2D eigenvalue weighted by Gasteiger charge is 2.48. The number of carbonyl (C=O) groups is 2. The number of nitrogens with zero attached hydrogens (tertiary/aromatic N) is 2. The maximum absolute atomic E-state index is 13.0. The summed E-state index contributed by atoms with van der Waals surface area (Å²) in [7, 11) is 0. The summed E-state index contributed by atoms with van der Waals surface area (Å²) in [6, 6.07) is 16.0. The van der Waals surface area contributed by atoms with Crippen LogP contribution in [-0.4, -0.2) is 26.9 Å². The van der Waals surface area contributed by atoms with Crippen LogP contribution in [0.5, 0.6) is 5.75 Å². The molecule has 30 heavy (non-hydrogen) atoms. The number of anilines is 1. The average Bonchev–Trinajstić information content (AvgIpc) is 3.01. The van der Waals surface area contributed by atoms with Gasteiger partial charge in [0.05, 0.1) is 17.0 Å². The number of aryl methyl sites for hydroxylation is 2. The molecular weight excluding hydrogens is 380 g/mol. The molecule has 1 unspecified atom stereocenters. The van der Waals surface area contributed by atoms with Crippen molar-refractivity contribution in [2.45, 2.75) is 19.9 Å². The first kappa shape index (κ1) is 19.4. The standard InChI is InChI=1S/C24H20N2O4/c1-14-6-9-16(10-7-14)22(28)20-21(17-5-3-4-12-25-17)26(24(30)23(20)29)18-13-15(2)8-11-19(18)27/h3-13,21,27-28H,1-2H3/b22-20+. The van der Waals surface area contributed by atoms with Crippen LogP contribution in [0.1, 0.15) is 28.4 Å².